The van der Waals surface area contributed by atoms with Crippen molar-refractivity contribution in [2.24, 2.45) is 0 Å². The molecule has 0 aliphatic carbocycles. The van der Waals surface area contributed by atoms with Gasteiger partial charge in [0.2, 0.25) is 23.8 Å². The Kier molecular flexibility index (Phi) is 5.06. The number of rotatable bonds is 2. The minimum absolute atomic E-state index is 0.655. The van der Waals surface area contributed by atoms with Crippen molar-refractivity contribution in [3.8, 4) is 0 Å². The third kappa shape index (κ3) is 3.24. The molecule has 0 aliphatic rings. The van der Waals surface area contributed by atoms with E-state index in [9.17, 15) is 17.6 Å². The van der Waals surface area contributed by atoms with E-state index < -0.39 is 55.5 Å². The van der Waals surface area contributed by atoms with Crippen molar-refractivity contribution < 1.29 is 17.6 Å². The second-order valence-electron chi connectivity index (χ2n) is 3.51. The fourth-order valence-corrected chi connectivity index (χ4v) is 1.69. The molecule has 0 bridgehead atoms. The first-order valence-corrected chi connectivity index (χ1v) is 6.56. The minimum Gasteiger partial charge on any atom is -0.197 e. The molecule has 0 amide bonds. The fraction of sp³-hybridized carbons (Fsp3) is 0. The third-order valence-electron chi connectivity index (χ3n) is 2.13. The topological polar surface area (TPSA) is 51.6 Å². The van der Waals surface area contributed by atoms with Crippen molar-refractivity contribution in [1.29, 1.82) is 0 Å². The van der Waals surface area contributed by atoms with Gasteiger partial charge in [0.05, 0.1) is 0 Å². The molecule has 0 spiro atoms. The highest BCUT2D eigenvalue weighted by Gasteiger charge is 2.20. The van der Waals surface area contributed by atoms with E-state index in [0.717, 1.165) is 0 Å². The van der Waals surface area contributed by atoms with Gasteiger partial charge in [-0.15, -0.1) is 0 Å². The Hall–Kier alpha value is -1.22. The average molecular weight is 394 g/mol. The van der Waals surface area contributed by atoms with Gasteiger partial charge in [-0.3, -0.25) is 0 Å². The number of aromatic nitrogens is 4. The van der Waals surface area contributed by atoms with Crippen LogP contribution in [-0.2, 0) is 0 Å². The van der Waals surface area contributed by atoms with Crippen LogP contribution in [0.5, 0.6) is 0 Å². The Labute approximate surface area is 139 Å². The predicted octanol–water partition coefficient (Wildman–Crippen LogP) is 4.43. The molecular formula is C10Cl4F4N4. The summed E-state index contributed by atoms with van der Waals surface area (Å²) in [6, 6.07) is 0. The fourth-order valence-electron chi connectivity index (χ4n) is 1.18. The number of nitrogens with zero attached hydrogens (tertiary/aromatic N) is 4. The van der Waals surface area contributed by atoms with Crippen molar-refractivity contribution in [3.63, 3.8) is 0 Å². The summed E-state index contributed by atoms with van der Waals surface area (Å²) in [7, 11) is 0. The molecule has 0 aromatic carbocycles. The zero-order valence-corrected chi connectivity index (χ0v) is 12.8. The van der Waals surface area contributed by atoms with Crippen molar-refractivity contribution in [2.75, 3.05) is 0 Å². The molecule has 0 fully saturated rings. The first kappa shape index (κ1) is 17.1. The maximum absolute atomic E-state index is 13.2. The van der Waals surface area contributed by atoms with E-state index in [1.54, 1.807) is 0 Å². The standard InChI is InChI=1S/C10Cl4F4N4/c11-1(9-19-5(15)3(13)6(16)20-9)2(12)10-21-7(17)4(14)8(18)22-10/b2-1+. The Morgan fingerprint density at radius 3 is 1.05 bits per heavy atom. The van der Waals surface area contributed by atoms with Crippen molar-refractivity contribution >= 4 is 56.5 Å². The zero-order valence-electron chi connectivity index (χ0n) is 9.81. The van der Waals surface area contributed by atoms with Crippen molar-refractivity contribution in [1.82, 2.24) is 19.9 Å². The van der Waals surface area contributed by atoms with Gasteiger partial charge in [-0.2, -0.15) is 37.5 Å². The van der Waals surface area contributed by atoms with Crippen molar-refractivity contribution in [3.05, 3.63) is 45.5 Å². The predicted molar refractivity (Wildman–Crippen MR) is 72.4 cm³/mol. The van der Waals surface area contributed by atoms with E-state index in [4.69, 9.17) is 46.4 Å². The molecule has 2 aromatic rings. The van der Waals surface area contributed by atoms with Crippen LogP contribution < -0.4 is 0 Å². The van der Waals surface area contributed by atoms with Gasteiger partial charge < -0.3 is 0 Å². The van der Waals surface area contributed by atoms with Gasteiger partial charge in [0.1, 0.15) is 10.1 Å². The van der Waals surface area contributed by atoms with Gasteiger partial charge in [-0.1, -0.05) is 46.4 Å². The highest BCUT2D eigenvalue weighted by Crippen LogP contribution is 2.31. The molecule has 22 heavy (non-hydrogen) atoms. The van der Waals surface area contributed by atoms with Gasteiger partial charge in [-0.05, 0) is 0 Å². The summed E-state index contributed by atoms with van der Waals surface area (Å²) >= 11 is 21.8. The second kappa shape index (κ2) is 6.49. The average Bonchev–Trinajstić information content (AvgIpc) is 2.47. The monoisotopic (exact) mass is 392 g/mol. The molecule has 12 heteroatoms. The highest BCUT2D eigenvalue weighted by atomic mass is 35.5. The van der Waals surface area contributed by atoms with E-state index in [1.807, 2.05) is 0 Å². The first-order valence-electron chi connectivity index (χ1n) is 5.05. The van der Waals surface area contributed by atoms with Crippen LogP contribution in [0, 0.1) is 23.8 Å². The summed E-state index contributed by atoms with van der Waals surface area (Å²) in [6.45, 7) is 0. The van der Waals surface area contributed by atoms with Crippen LogP contribution in [0.2, 0.25) is 10.0 Å². The minimum atomic E-state index is -1.40. The largest absolute Gasteiger partial charge is 0.238 e. The Balaban J connectivity index is 2.59. The van der Waals surface area contributed by atoms with Crippen LogP contribution in [0.3, 0.4) is 0 Å². The molecule has 0 saturated heterocycles. The Morgan fingerprint density at radius 2 is 0.818 bits per heavy atom. The molecule has 2 heterocycles. The Morgan fingerprint density at radius 1 is 0.591 bits per heavy atom. The van der Waals surface area contributed by atoms with Crippen LogP contribution in [0.1, 0.15) is 11.6 Å². The normalized spacial score (nSPS) is 12.4. The summed E-state index contributed by atoms with van der Waals surface area (Å²) in [4.78, 5) is 12.6. The highest BCUT2D eigenvalue weighted by molar-refractivity contribution is 6.64. The Bertz CT molecular complexity index is 687. The molecule has 0 saturated carbocycles. The molecule has 4 nitrogen and oxygen atoms in total. The van der Waals surface area contributed by atoms with Crippen LogP contribution in [0.15, 0.2) is 0 Å². The maximum Gasteiger partial charge on any atom is 0.238 e. The summed E-state index contributed by atoms with van der Waals surface area (Å²) in [5.41, 5.74) is 0. The maximum atomic E-state index is 13.2. The van der Waals surface area contributed by atoms with Gasteiger partial charge in [0.25, 0.3) is 0 Å². The lowest BCUT2D eigenvalue weighted by atomic mass is 10.4. The van der Waals surface area contributed by atoms with E-state index in [2.05, 4.69) is 19.9 Å². The van der Waals surface area contributed by atoms with Crippen LogP contribution >= 0.6 is 46.4 Å². The van der Waals surface area contributed by atoms with Gasteiger partial charge in [0.15, 0.2) is 21.7 Å². The summed E-state index contributed by atoms with van der Waals surface area (Å²) in [6.07, 6.45) is 0. The molecule has 2 rings (SSSR count). The lowest BCUT2D eigenvalue weighted by Gasteiger charge is -2.04. The SMILES string of the molecule is Fc1nc(/C(Cl)=C(\Cl)c2nc(F)c(Cl)c(F)n2)nc(F)c1Cl. The van der Waals surface area contributed by atoms with E-state index in [1.165, 1.54) is 0 Å². The summed E-state index contributed by atoms with van der Waals surface area (Å²) in [5.74, 6) is -7.04. The molecule has 0 unspecified atom stereocenters. The number of hydrogen-bond acceptors (Lipinski definition) is 4. The van der Waals surface area contributed by atoms with Gasteiger partial charge in [-0.25, -0.2) is 0 Å². The third-order valence-corrected chi connectivity index (χ3v) is 3.56. The lowest BCUT2D eigenvalue weighted by Crippen LogP contribution is -2.03. The molecule has 116 valence electrons. The van der Waals surface area contributed by atoms with Gasteiger partial charge >= 0.3 is 0 Å². The molecular weight excluding hydrogens is 394 g/mol. The van der Waals surface area contributed by atoms with E-state index in [-0.39, 0.29) is 0 Å². The van der Waals surface area contributed by atoms with Gasteiger partial charge in [0, 0.05) is 0 Å². The van der Waals surface area contributed by atoms with Crippen LogP contribution in [0.4, 0.5) is 17.6 Å². The number of halogens is 8. The molecule has 0 radical (unpaired) electrons. The van der Waals surface area contributed by atoms with E-state index >= 15 is 0 Å². The summed E-state index contributed by atoms with van der Waals surface area (Å²) < 4.78 is 52.9. The van der Waals surface area contributed by atoms with E-state index in [0.29, 0.717) is 0 Å². The van der Waals surface area contributed by atoms with Crippen molar-refractivity contribution in [2.45, 2.75) is 0 Å². The number of hydrogen-bond donors (Lipinski definition) is 0. The second-order valence-corrected chi connectivity index (χ2v) is 5.03. The van der Waals surface area contributed by atoms with Crippen LogP contribution in [0.25, 0.3) is 10.1 Å². The quantitative estimate of drug-likeness (QED) is 0.559. The van der Waals surface area contributed by atoms with Crippen LogP contribution in [-0.4, -0.2) is 19.9 Å². The first-order chi connectivity index (χ1) is 10.2. The molecule has 0 atom stereocenters. The zero-order chi connectivity index (χ0) is 16.6. The molecule has 0 N–H and O–H groups in total. The molecule has 0 aliphatic heterocycles. The molecule has 2 aromatic heterocycles. The summed E-state index contributed by atoms with van der Waals surface area (Å²) in [5, 5.41) is -3.22. The smallest absolute Gasteiger partial charge is 0.197 e. The lowest BCUT2D eigenvalue weighted by molar-refractivity contribution is 0.521.